The molecule has 1 saturated heterocycles. The van der Waals surface area contributed by atoms with E-state index in [1.165, 1.54) is 0 Å². The number of ether oxygens (including phenoxy) is 1. The highest BCUT2D eigenvalue weighted by molar-refractivity contribution is 7.91. The third kappa shape index (κ3) is 4.37. The smallest absolute Gasteiger partial charge is 0.150 e. The zero-order chi connectivity index (χ0) is 12.0. The molecule has 0 aromatic rings. The van der Waals surface area contributed by atoms with Crippen LogP contribution in [0.5, 0.6) is 0 Å². The topological polar surface area (TPSA) is 66.8 Å². The lowest BCUT2D eigenvalue weighted by molar-refractivity contribution is -0.0270. The Hall–Kier alpha value is -0.170. The Labute approximate surface area is 97.3 Å². The van der Waals surface area contributed by atoms with Crippen LogP contribution in [-0.4, -0.2) is 68.9 Å². The summed E-state index contributed by atoms with van der Waals surface area (Å²) in [6, 6.07) is 0.0260. The van der Waals surface area contributed by atoms with E-state index >= 15 is 0 Å². The van der Waals surface area contributed by atoms with Crippen LogP contribution >= 0.6 is 0 Å². The Morgan fingerprint density at radius 2 is 2.25 bits per heavy atom. The molecule has 0 radical (unpaired) electrons. The monoisotopic (exact) mass is 251 g/mol. The van der Waals surface area contributed by atoms with Crippen molar-refractivity contribution in [2.24, 2.45) is 0 Å². The Kier molecular flexibility index (Phi) is 5.68. The van der Waals surface area contributed by atoms with E-state index in [1.54, 1.807) is 6.92 Å². The zero-order valence-electron chi connectivity index (χ0n) is 9.76. The highest BCUT2D eigenvalue weighted by Gasteiger charge is 2.22. The number of sulfone groups is 1. The van der Waals surface area contributed by atoms with Crippen molar-refractivity contribution in [3.05, 3.63) is 0 Å². The van der Waals surface area contributed by atoms with Gasteiger partial charge in [-0.1, -0.05) is 6.92 Å². The molecule has 1 fully saturated rings. The van der Waals surface area contributed by atoms with Crippen molar-refractivity contribution in [1.29, 1.82) is 0 Å². The van der Waals surface area contributed by atoms with Gasteiger partial charge in [-0.25, -0.2) is 8.42 Å². The van der Waals surface area contributed by atoms with Gasteiger partial charge in [0.25, 0.3) is 0 Å². The van der Waals surface area contributed by atoms with E-state index in [2.05, 4.69) is 4.90 Å². The van der Waals surface area contributed by atoms with Gasteiger partial charge >= 0.3 is 0 Å². The fourth-order valence-electron chi connectivity index (χ4n) is 1.78. The molecular formula is C10H21NO4S. The van der Waals surface area contributed by atoms with Gasteiger partial charge in [0.1, 0.15) is 9.84 Å². The summed E-state index contributed by atoms with van der Waals surface area (Å²) in [6.07, 6.45) is 0.632. The maximum atomic E-state index is 11.3. The van der Waals surface area contributed by atoms with E-state index in [-0.39, 0.29) is 24.2 Å². The van der Waals surface area contributed by atoms with E-state index in [0.29, 0.717) is 26.2 Å². The molecule has 1 unspecified atom stereocenters. The number of hydrogen-bond acceptors (Lipinski definition) is 5. The van der Waals surface area contributed by atoms with Gasteiger partial charge in [-0.15, -0.1) is 0 Å². The first-order valence-corrected chi connectivity index (χ1v) is 7.54. The Bertz CT molecular complexity index is 291. The van der Waals surface area contributed by atoms with Gasteiger partial charge in [0, 0.05) is 12.3 Å². The van der Waals surface area contributed by atoms with Crippen molar-refractivity contribution in [3.8, 4) is 0 Å². The number of aliphatic hydroxyl groups excluding tert-OH is 1. The summed E-state index contributed by atoms with van der Waals surface area (Å²) in [5.74, 6) is 0.443. The average molecular weight is 251 g/mol. The van der Waals surface area contributed by atoms with Crippen molar-refractivity contribution in [2.45, 2.75) is 19.4 Å². The average Bonchev–Trinajstić information content (AvgIpc) is 2.29. The molecule has 0 bridgehead atoms. The van der Waals surface area contributed by atoms with Gasteiger partial charge in [-0.05, 0) is 13.0 Å². The molecule has 0 aliphatic carbocycles. The zero-order valence-corrected chi connectivity index (χ0v) is 10.6. The minimum atomic E-state index is -2.86. The minimum Gasteiger partial charge on any atom is -0.395 e. The molecule has 0 saturated carbocycles. The molecule has 16 heavy (non-hydrogen) atoms. The second kappa shape index (κ2) is 6.54. The molecule has 1 atom stereocenters. The first-order valence-electron chi connectivity index (χ1n) is 5.72. The third-order valence-corrected chi connectivity index (χ3v) is 4.69. The third-order valence-electron chi connectivity index (χ3n) is 2.90. The summed E-state index contributed by atoms with van der Waals surface area (Å²) in [7, 11) is -2.86. The van der Waals surface area contributed by atoms with E-state index in [9.17, 15) is 8.42 Å². The molecule has 0 aromatic carbocycles. The lowest BCUT2D eigenvalue weighted by atomic mass is 10.2. The lowest BCUT2D eigenvalue weighted by Gasteiger charge is -2.34. The molecule has 6 heteroatoms. The Morgan fingerprint density at radius 1 is 1.50 bits per heavy atom. The standard InChI is InChI=1S/C10H21NO4S/c1-2-16(13,14)7-3-4-11-5-6-15-9-10(11)8-12/h10,12H,2-9H2,1H3. The largest absolute Gasteiger partial charge is 0.395 e. The summed E-state index contributed by atoms with van der Waals surface area (Å²) < 4.78 is 27.9. The summed E-state index contributed by atoms with van der Waals surface area (Å²) >= 11 is 0. The minimum absolute atomic E-state index is 0.0260. The lowest BCUT2D eigenvalue weighted by Crippen LogP contribution is -2.48. The number of nitrogens with zero attached hydrogens (tertiary/aromatic N) is 1. The number of morpholine rings is 1. The quantitative estimate of drug-likeness (QED) is 0.689. The fourth-order valence-corrected chi connectivity index (χ4v) is 2.64. The molecule has 0 amide bonds. The van der Waals surface area contributed by atoms with Gasteiger partial charge in [0.15, 0.2) is 0 Å². The maximum absolute atomic E-state index is 11.3. The SMILES string of the molecule is CCS(=O)(=O)CCCN1CCOCC1CO. The van der Waals surface area contributed by atoms with Crippen LogP contribution in [0.15, 0.2) is 0 Å². The van der Waals surface area contributed by atoms with Crippen molar-refractivity contribution >= 4 is 9.84 Å². The van der Waals surface area contributed by atoms with Gasteiger partial charge in [-0.3, -0.25) is 4.90 Å². The summed E-state index contributed by atoms with van der Waals surface area (Å²) in [6.45, 7) is 4.43. The van der Waals surface area contributed by atoms with Crippen LogP contribution in [0.1, 0.15) is 13.3 Å². The molecule has 1 N–H and O–H groups in total. The molecule has 1 rings (SSSR count). The molecule has 5 nitrogen and oxygen atoms in total. The molecule has 0 spiro atoms. The van der Waals surface area contributed by atoms with E-state index in [1.807, 2.05) is 0 Å². The van der Waals surface area contributed by atoms with Crippen molar-refractivity contribution in [1.82, 2.24) is 4.90 Å². The predicted octanol–water partition coefficient (Wildman–Crippen LogP) is -0.496. The summed E-state index contributed by atoms with van der Waals surface area (Å²) in [4.78, 5) is 2.11. The number of rotatable bonds is 6. The van der Waals surface area contributed by atoms with Gasteiger partial charge in [-0.2, -0.15) is 0 Å². The maximum Gasteiger partial charge on any atom is 0.150 e. The van der Waals surface area contributed by atoms with Crippen molar-refractivity contribution in [3.63, 3.8) is 0 Å². The molecule has 1 aliphatic rings. The van der Waals surface area contributed by atoms with Crippen molar-refractivity contribution in [2.75, 3.05) is 44.4 Å². The number of aliphatic hydroxyl groups is 1. The van der Waals surface area contributed by atoms with Crippen LogP contribution in [0.3, 0.4) is 0 Å². The first kappa shape index (κ1) is 13.9. The van der Waals surface area contributed by atoms with Gasteiger partial charge in [0.2, 0.25) is 0 Å². The van der Waals surface area contributed by atoms with Crippen LogP contribution in [-0.2, 0) is 14.6 Å². The second-order valence-corrected chi connectivity index (χ2v) is 6.51. The Morgan fingerprint density at radius 3 is 2.88 bits per heavy atom. The van der Waals surface area contributed by atoms with Gasteiger partial charge in [0.05, 0.1) is 31.6 Å². The highest BCUT2D eigenvalue weighted by Crippen LogP contribution is 2.07. The van der Waals surface area contributed by atoms with Crippen LogP contribution in [0.4, 0.5) is 0 Å². The summed E-state index contributed by atoms with van der Waals surface area (Å²) in [5, 5.41) is 9.13. The normalized spacial score (nSPS) is 23.5. The Balaban J connectivity index is 2.30. The van der Waals surface area contributed by atoms with Crippen molar-refractivity contribution < 1.29 is 18.3 Å². The van der Waals surface area contributed by atoms with Crippen LogP contribution in [0, 0.1) is 0 Å². The van der Waals surface area contributed by atoms with E-state index < -0.39 is 9.84 Å². The fraction of sp³-hybridized carbons (Fsp3) is 1.00. The second-order valence-electron chi connectivity index (χ2n) is 4.04. The summed E-state index contributed by atoms with van der Waals surface area (Å²) in [5.41, 5.74) is 0. The van der Waals surface area contributed by atoms with E-state index in [4.69, 9.17) is 9.84 Å². The predicted molar refractivity (Wildman–Crippen MR) is 62.2 cm³/mol. The molecular weight excluding hydrogens is 230 g/mol. The van der Waals surface area contributed by atoms with Crippen LogP contribution in [0.25, 0.3) is 0 Å². The molecule has 96 valence electrons. The van der Waals surface area contributed by atoms with E-state index in [0.717, 1.165) is 6.54 Å². The molecule has 0 aromatic heterocycles. The molecule has 1 aliphatic heterocycles. The first-order chi connectivity index (χ1) is 7.59. The van der Waals surface area contributed by atoms with Gasteiger partial charge < -0.3 is 9.84 Å². The highest BCUT2D eigenvalue weighted by atomic mass is 32.2. The van der Waals surface area contributed by atoms with Crippen LogP contribution < -0.4 is 0 Å². The molecule has 1 heterocycles. The number of hydrogen-bond donors (Lipinski definition) is 1. The van der Waals surface area contributed by atoms with Crippen LogP contribution in [0.2, 0.25) is 0 Å².